The molecule has 1 saturated heterocycles. The van der Waals surface area contributed by atoms with E-state index in [2.05, 4.69) is 9.80 Å². The molecule has 1 fully saturated rings. The Balaban J connectivity index is 1.65. The van der Waals surface area contributed by atoms with Gasteiger partial charge in [-0.05, 0) is 37.1 Å². The van der Waals surface area contributed by atoms with Crippen molar-refractivity contribution >= 4 is 5.97 Å². The number of carboxylic acids is 1. The number of aliphatic carboxylic acids is 1. The zero-order valence-electron chi connectivity index (χ0n) is 12.4. The molecule has 2 N–H and O–H groups in total. The van der Waals surface area contributed by atoms with Gasteiger partial charge in [0.15, 0.2) is 0 Å². The number of benzene rings is 1. The van der Waals surface area contributed by atoms with Crippen LogP contribution in [0.5, 0.6) is 5.75 Å². The second-order valence-electron chi connectivity index (χ2n) is 5.64. The Labute approximate surface area is 125 Å². The van der Waals surface area contributed by atoms with Crippen molar-refractivity contribution in [2.75, 3.05) is 32.7 Å². The van der Waals surface area contributed by atoms with Crippen LogP contribution in [0.1, 0.15) is 24.8 Å². The molecule has 1 aromatic carbocycles. The third-order valence-corrected chi connectivity index (χ3v) is 3.90. The van der Waals surface area contributed by atoms with Crippen LogP contribution in [-0.2, 0) is 11.3 Å². The average molecular weight is 292 g/mol. The highest BCUT2D eigenvalue weighted by atomic mass is 16.4. The van der Waals surface area contributed by atoms with Crippen LogP contribution < -0.4 is 0 Å². The second kappa shape index (κ2) is 8.00. The maximum absolute atomic E-state index is 10.5. The third-order valence-electron chi connectivity index (χ3n) is 3.90. The Hall–Kier alpha value is -1.59. The summed E-state index contributed by atoms with van der Waals surface area (Å²) in [4.78, 5) is 15.2. The van der Waals surface area contributed by atoms with Gasteiger partial charge in [-0.25, -0.2) is 0 Å². The first kappa shape index (κ1) is 15.8. The van der Waals surface area contributed by atoms with Crippen LogP contribution in [0, 0.1) is 0 Å². The summed E-state index contributed by atoms with van der Waals surface area (Å²) in [5.41, 5.74) is 1.14. The summed E-state index contributed by atoms with van der Waals surface area (Å²) >= 11 is 0. The molecule has 1 aliphatic heterocycles. The number of carboxylic acid groups (broad SMARTS) is 1. The van der Waals surface area contributed by atoms with Crippen LogP contribution in [0.3, 0.4) is 0 Å². The molecular weight excluding hydrogens is 268 g/mol. The van der Waals surface area contributed by atoms with Crippen molar-refractivity contribution in [2.45, 2.75) is 25.8 Å². The van der Waals surface area contributed by atoms with E-state index in [0.29, 0.717) is 5.75 Å². The minimum atomic E-state index is -0.703. The molecular formula is C16H24N2O3. The summed E-state index contributed by atoms with van der Waals surface area (Å²) in [7, 11) is 0. The van der Waals surface area contributed by atoms with Gasteiger partial charge in [-0.1, -0.05) is 12.1 Å². The van der Waals surface area contributed by atoms with Crippen LogP contribution in [0.15, 0.2) is 24.3 Å². The second-order valence-corrected chi connectivity index (χ2v) is 5.64. The lowest BCUT2D eigenvalue weighted by Gasteiger charge is -2.34. The Bertz CT molecular complexity index is 457. The highest BCUT2D eigenvalue weighted by molar-refractivity contribution is 5.66. The molecule has 5 nitrogen and oxygen atoms in total. The molecule has 0 amide bonds. The van der Waals surface area contributed by atoms with Gasteiger partial charge in [-0.15, -0.1) is 0 Å². The molecule has 0 atom stereocenters. The quantitative estimate of drug-likeness (QED) is 0.750. The maximum atomic E-state index is 10.5. The lowest BCUT2D eigenvalue weighted by Crippen LogP contribution is -2.46. The number of carbonyl (C=O) groups is 1. The van der Waals surface area contributed by atoms with E-state index < -0.39 is 5.97 Å². The predicted molar refractivity (Wildman–Crippen MR) is 81.3 cm³/mol. The molecule has 116 valence electrons. The topological polar surface area (TPSA) is 64.0 Å². The molecule has 0 unspecified atom stereocenters. The molecule has 1 aliphatic rings. The Morgan fingerprint density at radius 2 is 1.81 bits per heavy atom. The molecule has 0 radical (unpaired) electrons. The van der Waals surface area contributed by atoms with E-state index >= 15 is 0 Å². The van der Waals surface area contributed by atoms with Gasteiger partial charge in [0.1, 0.15) is 5.75 Å². The molecule has 5 heteroatoms. The van der Waals surface area contributed by atoms with Gasteiger partial charge in [-0.3, -0.25) is 9.69 Å². The van der Waals surface area contributed by atoms with Crippen LogP contribution in [0.4, 0.5) is 0 Å². The van der Waals surface area contributed by atoms with Crippen molar-refractivity contribution < 1.29 is 15.0 Å². The van der Waals surface area contributed by atoms with Crippen molar-refractivity contribution in [2.24, 2.45) is 0 Å². The molecule has 1 aromatic rings. The van der Waals surface area contributed by atoms with E-state index in [1.807, 2.05) is 18.2 Å². The third kappa shape index (κ3) is 5.73. The standard InChI is InChI=1S/C16H24N2O3/c19-15-5-3-4-14(12-15)13-18-10-8-17(9-11-18)7-2-1-6-16(20)21/h3-5,12,19H,1-2,6-11,13H2,(H,20,21). The lowest BCUT2D eigenvalue weighted by molar-refractivity contribution is -0.137. The number of unbranched alkanes of at least 4 members (excludes halogenated alkanes) is 1. The zero-order chi connectivity index (χ0) is 15.1. The van der Waals surface area contributed by atoms with E-state index in [9.17, 15) is 9.90 Å². The van der Waals surface area contributed by atoms with Gasteiger partial charge in [0.2, 0.25) is 0 Å². The van der Waals surface area contributed by atoms with Crippen LogP contribution in [-0.4, -0.2) is 58.7 Å². The van der Waals surface area contributed by atoms with Gasteiger partial charge in [0.25, 0.3) is 0 Å². The molecule has 0 aromatic heterocycles. The number of aromatic hydroxyl groups is 1. The van der Waals surface area contributed by atoms with Crippen molar-refractivity contribution in [1.29, 1.82) is 0 Å². The number of phenols is 1. The fourth-order valence-electron chi connectivity index (χ4n) is 2.70. The highest BCUT2D eigenvalue weighted by Gasteiger charge is 2.16. The fraction of sp³-hybridized carbons (Fsp3) is 0.562. The monoisotopic (exact) mass is 292 g/mol. The summed E-state index contributed by atoms with van der Waals surface area (Å²) in [5, 5.41) is 18.1. The minimum Gasteiger partial charge on any atom is -0.508 e. The fourth-order valence-corrected chi connectivity index (χ4v) is 2.70. The van der Waals surface area contributed by atoms with Crippen molar-refractivity contribution in [3.8, 4) is 5.75 Å². The molecule has 0 bridgehead atoms. The summed E-state index contributed by atoms with van der Waals surface area (Å²) in [6, 6.07) is 7.43. The number of rotatable bonds is 7. The Morgan fingerprint density at radius 3 is 2.48 bits per heavy atom. The Morgan fingerprint density at radius 1 is 1.10 bits per heavy atom. The van der Waals surface area contributed by atoms with E-state index in [0.717, 1.165) is 57.7 Å². The van der Waals surface area contributed by atoms with Crippen LogP contribution in [0.2, 0.25) is 0 Å². The number of hydrogen-bond donors (Lipinski definition) is 2. The minimum absolute atomic E-state index is 0.275. The zero-order valence-corrected chi connectivity index (χ0v) is 12.4. The van der Waals surface area contributed by atoms with Gasteiger partial charge in [-0.2, -0.15) is 0 Å². The first-order chi connectivity index (χ1) is 10.1. The SMILES string of the molecule is O=C(O)CCCCN1CCN(Cc2cccc(O)c2)CC1. The van der Waals surface area contributed by atoms with Gasteiger partial charge in [0, 0.05) is 39.1 Å². The van der Waals surface area contributed by atoms with E-state index in [4.69, 9.17) is 5.11 Å². The number of phenolic OH excluding ortho intramolecular Hbond substituents is 1. The smallest absolute Gasteiger partial charge is 0.303 e. The van der Waals surface area contributed by atoms with Gasteiger partial charge >= 0.3 is 5.97 Å². The number of nitrogens with zero attached hydrogens (tertiary/aromatic N) is 2. The lowest BCUT2D eigenvalue weighted by atomic mass is 10.1. The molecule has 0 aliphatic carbocycles. The van der Waals surface area contributed by atoms with Crippen molar-refractivity contribution in [1.82, 2.24) is 9.80 Å². The summed E-state index contributed by atoms with van der Waals surface area (Å²) < 4.78 is 0. The van der Waals surface area contributed by atoms with Gasteiger partial charge in [0.05, 0.1) is 0 Å². The van der Waals surface area contributed by atoms with Crippen molar-refractivity contribution in [3.05, 3.63) is 29.8 Å². The van der Waals surface area contributed by atoms with Crippen LogP contribution >= 0.6 is 0 Å². The molecule has 1 heterocycles. The van der Waals surface area contributed by atoms with E-state index in [1.54, 1.807) is 6.07 Å². The maximum Gasteiger partial charge on any atom is 0.303 e. The Kier molecular flexibility index (Phi) is 6.02. The molecule has 0 saturated carbocycles. The molecule has 21 heavy (non-hydrogen) atoms. The number of hydrogen-bond acceptors (Lipinski definition) is 4. The highest BCUT2D eigenvalue weighted by Crippen LogP contribution is 2.14. The van der Waals surface area contributed by atoms with Crippen LogP contribution in [0.25, 0.3) is 0 Å². The first-order valence-electron chi connectivity index (χ1n) is 7.58. The van der Waals surface area contributed by atoms with E-state index in [-0.39, 0.29) is 6.42 Å². The molecule has 0 spiro atoms. The normalized spacial score (nSPS) is 17.0. The largest absolute Gasteiger partial charge is 0.508 e. The molecule has 2 rings (SSSR count). The number of piperazine rings is 1. The average Bonchev–Trinajstić information content (AvgIpc) is 2.45. The summed E-state index contributed by atoms with van der Waals surface area (Å²) in [5.74, 6) is -0.379. The van der Waals surface area contributed by atoms with Crippen molar-refractivity contribution in [3.63, 3.8) is 0 Å². The van der Waals surface area contributed by atoms with E-state index in [1.165, 1.54) is 0 Å². The first-order valence-corrected chi connectivity index (χ1v) is 7.58. The van der Waals surface area contributed by atoms with Gasteiger partial charge < -0.3 is 15.1 Å². The summed E-state index contributed by atoms with van der Waals surface area (Å²) in [6.07, 6.45) is 2.00. The summed E-state index contributed by atoms with van der Waals surface area (Å²) in [6.45, 7) is 5.98. The predicted octanol–water partition coefficient (Wildman–Crippen LogP) is 1.76.